The lowest BCUT2D eigenvalue weighted by atomic mass is 9.96. The van der Waals surface area contributed by atoms with Crippen molar-refractivity contribution in [1.29, 1.82) is 0 Å². The molecule has 4 nitrogen and oxygen atoms in total. The molecule has 0 atom stereocenters. The summed E-state index contributed by atoms with van der Waals surface area (Å²) in [7, 11) is 0. The van der Waals surface area contributed by atoms with Crippen LogP contribution in [0, 0.1) is 12.8 Å². The van der Waals surface area contributed by atoms with Gasteiger partial charge in [-0.15, -0.1) is 0 Å². The maximum absolute atomic E-state index is 11.3. The van der Waals surface area contributed by atoms with Crippen molar-refractivity contribution in [3.05, 3.63) is 18.0 Å². The topological polar surface area (TPSA) is 38.1 Å². The smallest absolute Gasteiger partial charge is 0.132 e. The van der Waals surface area contributed by atoms with E-state index in [1.165, 1.54) is 31.5 Å². The number of nitrogens with zero attached hydrogens (tertiary/aromatic N) is 3. The van der Waals surface area contributed by atoms with E-state index in [0.717, 1.165) is 31.8 Å². The molecular weight excluding hydrogens is 250 g/mol. The van der Waals surface area contributed by atoms with E-state index in [2.05, 4.69) is 27.8 Å². The number of hydrogen-bond acceptors (Lipinski definition) is 3. The number of piperidine rings is 1. The van der Waals surface area contributed by atoms with Crippen molar-refractivity contribution in [1.82, 2.24) is 14.7 Å². The second-order valence-electron chi connectivity index (χ2n) is 6.02. The van der Waals surface area contributed by atoms with Crippen molar-refractivity contribution < 1.29 is 4.79 Å². The number of hydrogen-bond donors (Lipinski definition) is 0. The van der Waals surface area contributed by atoms with Crippen LogP contribution in [0.1, 0.15) is 44.6 Å². The molecule has 4 heteroatoms. The summed E-state index contributed by atoms with van der Waals surface area (Å²) in [5.74, 6) is 1.15. The van der Waals surface area contributed by atoms with Crippen molar-refractivity contribution in [2.24, 2.45) is 5.92 Å². The lowest BCUT2D eigenvalue weighted by Gasteiger charge is -2.31. The summed E-state index contributed by atoms with van der Waals surface area (Å²) in [6.07, 6.45) is 9.02. The summed E-state index contributed by atoms with van der Waals surface area (Å²) >= 11 is 0. The molecule has 0 aromatic carbocycles. The van der Waals surface area contributed by atoms with Crippen molar-refractivity contribution >= 4 is 5.78 Å². The van der Waals surface area contributed by atoms with Gasteiger partial charge in [0.1, 0.15) is 5.78 Å². The number of carbonyl (C=O) groups excluding carboxylic acids is 1. The normalized spacial score (nSPS) is 17.5. The average Bonchev–Trinajstić information content (AvgIpc) is 2.86. The fraction of sp³-hybridized carbons (Fsp3) is 0.750. The van der Waals surface area contributed by atoms with E-state index in [4.69, 9.17) is 0 Å². The van der Waals surface area contributed by atoms with Gasteiger partial charge in [-0.05, 0) is 57.3 Å². The maximum Gasteiger partial charge on any atom is 0.132 e. The molecule has 1 aromatic rings. The minimum atomic E-state index is 0.397. The zero-order valence-corrected chi connectivity index (χ0v) is 12.8. The fourth-order valence-electron chi connectivity index (χ4n) is 2.90. The lowest BCUT2D eigenvalue weighted by molar-refractivity contribution is -0.118. The Hall–Kier alpha value is -1.16. The molecule has 1 fully saturated rings. The van der Waals surface area contributed by atoms with Gasteiger partial charge >= 0.3 is 0 Å². The molecule has 1 aromatic heterocycles. The minimum absolute atomic E-state index is 0.397. The summed E-state index contributed by atoms with van der Waals surface area (Å²) in [6.45, 7) is 8.51. The largest absolute Gasteiger partial charge is 0.303 e. The van der Waals surface area contributed by atoms with Gasteiger partial charge in [-0.1, -0.05) is 6.92 Å². The maximum atomic E-state index is 11.3. The van der Waals surface area contributed by atoms with Crippen LogP contribution < -0.4 is 0 Å². The van der Waals surface area contributed by atoms with Gasteiger partial charge in [0.2, 0.25) is 0 Å². The van der Waals surface area contributed by atoms with Crippen molar-refractivity contribution in [3.8, 4) is 0 Å². The van der Waals surface area contributed by atoms with Crippen LogP contribution in [0.2, 0.25) is 0 Å². The first-order chi connectivity index (χ1) is 9.67. The number of aryl methyl sites for hydroxylation is 1. The Morgan fingerprint density at radius 1 is 1.40 bits per heavy atom. The molecule has 20 heavy (non-hydrogen) atoms. The van der Waals surface area contributed by atoms with E-state index < -0.39 is 0 Å². The molecule has 1 saturated heterocycles. The zero-order chi connectivity index (χ0) is 14.4. The van der Waals surface area contributed by atoms with Crippen LogP contribution in [0.3, 0.4) is 0 Å². The first-order valence-corrected chi connectivity index (χ1v) is 7.90. The van der Waals surface area contributed by atoms with Crippen LogP contribution in [0.15, 0.2) is 12.4 Å². The molecule has 2 rings (SSSR count). The highest BCUT2D eigenvalue weighted by atomic mass is 16.1. The Labute approximate surface area is 122 Å². The van der Waals surface area contributed by atoms with Crippen LogP contribution in [-0.4, -0.2) is 40.1 Å². The van der Waals surface area contributed by atoms with Crippen LogP contribution in [0.5, 0.6) is 0 Å². The minimum Gasteiger partial charge on any atom is -0.303 e. The van der Waals surface area contributed by atoms with Crippen LogP contribution in [-0.2, 0) is 11.3 Å². The van der Waals surface area contributed by atoms with E-state index in [1.54, 1.807) is 0 Å². The van der Waals surface area contributed by atoms with Crippen LogP contribution in [0.4, 0.5) is 0 Å². The summed E-state index contributed by atoms with van der Waals surface area (Å²) in [5, 5.41) is 4.37. The van der Waals surface area contributed by atoms with Crippen molar-refractivity contribution in [2.45, 2.75) is 52.5 Å². The number of carbonyl (C=O) groups is 1. The summed E-state index contributed by atoms with van der Waals surface area (Å²) in [4.78, 5) is 13.8. The van der Waals surface area contributed by atoms with E-state index in [-0.39, 0.29) is 0 Å². The van der Waals surface area contributed by atoms with Gasteiger partial charge in [-0.2, -0.15) is 5.10 Å². The van der Waals surface area contributed by atoms with E-state index in [0.29, 0.717) is 12.2 Å². The van der Waals surface area contributed by atoms with Gasteiger partial charge in [0.25, 0.3) is 0 Å². The first-order valence-electron chi connectivity index (χ1n) is 7.90. The number of rotatable bonds is 7. The number of ketones is 1. The van der Waals surface area contributed by atoms with Gasteiger partial charge in [-0.3, -0.25) is 9.48 Å². The molecular formula is C16H27N3O. The molecule has 0 amide bonds. The number of likely N-dealkylation sites (tertiary alicyclic amines) is 1. The second kappa shape index (κ2) is 7.58. The molecule has 0 saturated carbocycles. The highest BCUT2D eigenvalue weighted by molar-refractivity contribution is 5.77. The fourth-order valence-corrected chi connectivity index (χ4v) is 2.90. The second-order valence-corrected chi connectivity index (χ2v) is 6.02. The van der Waals surface area contributed by atoms with Gasteiger partial charge in [0.15, 0.2) is 0 Å². The molecule has 112 valence electrons. The van der Waals surface area contributed by atoms with Crippen molar-refractivity contribution in [3.63, 3.8) is 0 Å². The molecule has 0 spiro atoms. The monoisotopic (exact) mass is 277 g/mol. The third-order valence-corrected chi connectivity index (χ3v) is 4.24. The number of aromatic nitrogens is 2. The van der Waals surface area contributed by atoms with Crippen molar-refractivity contribution in [2.75, 3.05) is 19.6 Å². The highest BCUT2D eigenvalue weighted by Gasteiger charge is 2.19. The highest BCUT2D eigenvalue weighted by Crippen LogP contribution is 2.19. The predicted octanol–water partition coefficient (Wildman–Crippen LogP) is 2.66. The molecule has 1 aliphatic rings. The van der Waals surface area contributed by atoms with Gasteiger partial charge in [0, 0.05) is 25.6 Å². The van der Waals surface area contributed by atoms with Gasteiger partial charge < -0.3 is 4.90 Å². The predicted molar refractivity (Wildman–Crippen MR) is 80.7 cm³/mol. The first kappa shape index (κ1) is 15.2. The van der Waals surface area contributed by atoms with Crippen LogP contribution >= 0.6 is 0 Å². The standard InChI is InChI=1S/C16H27N3O/c1-3-16(20)5-4-8-18-9-6-15(7-10-18)13-19-12-14(2)11-17-19/h11-12,15H,3-10,13H2,1-2H3. The van der Waals surface area contributed by atoms with E-state index >= 15 is 0 Å². The average molecular weight is 277 g/mol. The van der Waals surface area contributed by atoms with E-state index in [1.807, 2.05) is 13.1 Å². The third-order valence-electron chi connectivity index (χ3n) is 4.24. The summed E-state index contributed by atoms with van der Waals surface area (Å²) in [6, 6.07) is 0. The Kier molecular flexibility index (Phi) is 5.77. The molecule has 1 aliphatic heterocycles. The Morgan fingerprint density at radius 2 is 2.15 bits per heavy atom. The Bertz CT molecular complexity index is 419. The van der Waals surface area contributed by atoms with Crippen LogP contribution in [0.25, 0.3) is 0 Å². The van der Waals surface area contributed by atoms with Gasteiger partial charge in [0.05, 0.1) is 6.20 Å². The molecule has 0 N–H and O–H groups in total. The molecule has 0 aliphatic carbocycles. The molecule has 2 heterocycles. The molecule has 0 radical (unpaired) electrons. The van der Waals surface area contributed by atoms with E-state index in [9.17, 15) is 4.79 Å². The molecule has 0 unspecified atom stereocenters. The molecule has 0 bridgehead atoms. The third kappa shape index (κ3) is 4.75. The summed E-state index contributed by atoms with van der Waals surface area (Å²) < 4.78 is 2.08. The number of Topliss-reactive ketones (excluding diaryl/α,β-unsaturated/α-hetero) is 1. The summed E-state index contributed by atoms with van der Waals surface area (Å²) in [5.41, 5.74) is 1.24. The Morgan fingerprint density at radius 3 is 2.75 bits per heavy atom. The zero-order valence-electron chi connectivity index (χ0n) is 12.8. The lowest BCUT2D eigenvalue weighted by Crippen LogP contribution is -2.35. The SMILES string of the molecule is CCC(=O)CCCN1CCC(Cn2cc(C)cn2)CC1. The Balaban J connectivity index is 1.63. The van der Waals surface area contributed by atoms with Gasteiger partial charge in [-0.25, -0.2) is 0 Å². The quantitative estimate of drug-likeness (QED) is 0.769.